The van der Waals surface area contributed by atoms with Crippen LogP contribution < -0.4 is 5.73 Å². The predicted molar refractivity (Wildman–Crippen MR) is 135 cm³/mol. The maximum absolute atomic E-state index is 12.6. The Morgan fingerprint density at radius 2 is 1.74 bits per heavy atom. The maximum Gasteiger partial charge on any atom is 0.306 e. The number of methoxy groups -OCH3 is 1. The Balaban J connectivity index is 1.44. The molecule has 2 aliphatic heterocycles. The molecule has 7 nitrogen and oxygen atoms in total. The molecule has 1 saturated carbocycles. The van der Waals surface area contributed by atoms with Gasteiger partial charge in [0.2, 0.25) is 0 Å². The number of ether oxygens (including phenoxy) is 4. The van der Waals surface area contributed by atoms with Crippen LogP contribution in [0, 0.1) is 5.92 Å². The van der Waals surface area contributed by atoms with Crippen LogP contribution in [-0.2, 0) is 28.5 Å². The van der Waals surface area contributed by atoms with Crippen LogP contribution in [0.4, 0.5) is 0 Å². The summed E-state index contributed by atoms with van der Waals surface area (Å²) in [7, 11) is 1.69. The number of hydrogen-bond acceptors (Lipinski definition) is 7. The van der Waals surface area contributed by atoms with Crippen LogP contribution in [-0.4, -0.2) is 61.5 Å². The zero-order valence-corrected chi connectivity index (χ0v) is 22.3. The van der Waals surface area contributed by atoms with E-state index in [0.717, 1.165) is 57.9 Å². The molecule has 1 spiro atoms. The number of carbonyl (C=O) groups is 2. The van der Waals surface area contributed by atoms with Gasteiger partial charge in [-0.3, -0.25) is 9.59 Å². The molecule has 1 aliphatic carbocycles. The van der Waals surface area contributed by atoms with Crippen molar-refractivity contribution in [1.82, 2.24) is 0 Å². The fourth-order valence-corrected chi connectivity index (χ4v) is 5.85. The molecule has 2 heterocycles. The second-order valence-corrected chi connectivity index (χ2v) is 11.1. The van der Waals surface area contributed by atoms with E-state index < -0.39 is 0 Å². The third kappa shape index (κ3) is 7.61. The van der Waals surface area contributed by atoms with E-state index in [1.54, 1.807) is 7.11 Å². The monoisotopic (exact) mass is 493 g/mol. The van der Waals surface area contributed by atoms with Gasteiger partial charge in [-0.1, -0.05) is 30.9 Å². The molecule has 0 amide bonds. The van der Waals surface area contributed by atoms with Gasteiger partial charge in [-0.15, -0.1) is 0 Å². The molecule has 200 valence electrons. The van der Waals surface area contributed by atoms with Crippen molar-refractivity contribution in [3.63, 3.8) is 0 Å². The number of unbranched alkanes of at least 4 members (excludes halogenated alkanes) is 4. The maximum atomic E-state index is 12.6. The largest absolute Gasteiger partial charge is 0.460 e. The molecule has 6 atom stereocenters. The van der Waals surface area contributed by atoms with E-state index in [0.29, 0.717) is 25.9 Å². The normalized spacial score (nSPS) is 33.4. The van der Waals surface area contributed by atoms with Crippen molar-refractivity contribution in [2.24, 2.45) is 11.7 Å². The fourth-order valence-electron chi connectivity index (χ4n) is 5.85. The molecule has 0 aromatic rings. The molecular formula is C28H47NO6. The summed E-state index contributed by atoms with van der Waals surface area (Å²) in [6.45, 7) is 7.78. The number of ketones is 1. The molecule has 0 radical (unpaired) electrons. The first kappa shape index (κ1) is 28.3. The van der Waals surface area contributed by atoms with Crippen LogP contribution in [0.15, 0.2) is 11.6 Å². The molecule has 0 aromatic heterocycles. The topological polar surface area (TPSA) is 104 Å². The lowest BCUT2D eigenvalue weighted by Gasteiger charge is -2.42. The van der Waals surface area contributed by atoms with Crippen molar-refractivity contribution in [3.8, 4) is 0 Å². The van der Waals surface area contributed by atoms with Gasteiger partial charge < -0.3 is 24.7 Å². The van der Waals surface area contributed by atoms with Crippen molar-refractivity contribution < 1.29 is 28.5 Å². The first-order valence-electron chi connectivity index (χ1n) is 13.6. The smallest absolute Gasteiger partial charge is 0.306 e. The third-order valence-electron chi connectivity index (χ3n) is 8.02. The Bertz CT molecular complexity index is 744. The van der Waals surface area contributed by atoms with Gasteiger partial charge in [-0.2, -0.15) is 0 Å². The molecule has 3 aliphatic rings. The Morgan fingerprint density at radius 1 is 1.06 bits per heavy atom. The van der Waals surface area contributed by atoms with Gasteiger partial charge >= 0.3 is 5.97 Å². The fraction of sp³-hybridized carbons (Fsp3) is 0.857. The molecular weight excluding hydrogens is 446 g/mol. The summed E-state index contributed by atoms with van der Waals surface area (Å²) in [5, 5.41) is 0. The van der Waals surface area contributed by atoms with Gasteiger partial charge in [0.15, 0.2) is 0 Å². The van der Waals surface area contributed by atoms with Crippen LogP contribution in [0.25, 0.3) is 0 Å². The molecule has 2 N–H and O–H groups in total. The number of allylic oxidation sites excluding steroid dienone is 1. The number of epoxide rings is 2. The highest BCUT2D eigenvalue weighted by molar-refractivity contribution is 5.79. The second-order valence-electron chi connectivity index (χ2n) is 11.1. The number of esters is 1. The number of Topliss-reactive ketones (excluding diaryl/α,β-unsaturated/α-hetero) is 1. The van der Waals surface area contributed by atoms with Gasteiger partial charge in [0, 0.05) is 26.4 Å². The summed E-state index contributed by atoms with van der Waals surface area (Å²) in [5.74, 6) is 0.00714. The molecule has 0 aromatic carbocycles. The van der Waals surface area contributed by atoms with Crippen LogP contribution >= 0.6 is 0 Å². The molecule has 7 heteroatoms. The highest BCUT2D eigenvalue weighted by Gasteiger charge is 2.72. The molecule has 35 heavy (non-hydrogen) atoms. The van der Waals surface area contributed by atoms with Crippen LogP contribution in [0.5, 0.6) is 0 Å². The molecule has 0 bridgehead atoms. The molecule has 2 saturated heterocycles. The van der Waals surface area contributed by atoms with E-state index in [4.69, 9.17) is 24.7 Å². The van der Waals surface area contributed by atoms with Crippen LogP contribution in [0.3, 0.4) is 0 Å². The van der Waals surface area contributed by atoms with E-state index in [1.807, 2.05) is 0 Å². The van der Waals surface area contributed by atoms with Gasteiger partial charge in [-0.05, 0) is 65.8 Å². The average Bonchev–Trinajstić information content (AvgIpc) is 3.73. The van der Waals surface area contributed by atoms with E-state index in [2.05, 4.69) is 26.8 Å². The summed E-state index contributed by atoms with van der Waals surface area (Å²) in [4.78, 5) is 24.8. The predicted octanol–water partition coefficient (Wildman–Crippen LogP) is 4.64. The number of nitrogens with two attached hydrogens (primary N) is 1. The molecule has 3 fully saturated rings. The third-order valence-corrected chi connectivity index (χ3v) is 8.02. The van der Waals surface area contributed by atoms with E-state index in [9.17, 15) is 9.59 Å². The lowest BCUT2D eigenvalue weighted by Crippen LogP contribution is -2.55. The highest BCUT2D eigenvalue weighted by Crippen LogP contribution is 2.59. The quantitative estimate of drug-likeness (QED) is 0.144. The standard InChI is InChI=1S/C28H47NO6/c1-20(2)14-15-23-27(3,35-23)26-25(32-4)22(16-17-28(26)19-33-28)34-24(31)13-10-12-21(30)11-8-6-5-7-9-18-29/h14,22-23,25-26H,5-13,15-19,29H2,1-4H3/t22?,23-,25?,26?,27+,28+/m1/s1. The van der Waals surface area contributed by atoms with Crippen LogP contribution in [0.2, 0.25) is 0 Å². The first-order valence-corrected chi connectivity index (χ1v) is 13.6. The van der Waals surface area contributed by atoms with Gasteiger partial charge in [0.1, 0.15) is 29.2 Å². The lowest BCUT2D eigenvalue weighted by atomic mass is 9.68. The molecule has 3 unspecified atom stereocenters. The first-order chi connectivity index (χ1) is 16.8. The van der Waals surface area contributed by atoms with Gasteiger partial charge in [0.25, 0.3) is 0 Å². The minimum atomic E-state index is -0.342. The summed E-state index contributed by atoms with van der Waals surface area (Å²) < 4.78 is 24.0. The van der Waals surface area contributed by atoms with Crippen molar-refractivity contribution in [3.05, 3.63) is 11.6 Å². The van der Waals surface area contributed by atoms with Gasteiger partial charge in [0.05, 0.1) is 18.6 Å². The Morgan fingerprint density at radius 3 is 2.40 bits per heavy atom. The SMILES string of the molecule is COC1C(OC(=O)CCCC(=O)CCCCCCCN)CC[C@]2(CO2)C1[C@@]1(C)O[C@@H]1CC=C(C)C. The summed E-state index contributed by atoms with van der Waals surface area (Å²) in [6.07, 6.45) is 11.3. The Hall–Kier alpha value is -1.28. The van der Waals surface area contributed by atoms with E-state index >= 15 is 0 Å². The minimum absolute atomic E-state index is 0.0218. The van der Waals surface area contributed by atoms with Crippen molar-refractivity contribution in [2.45, 2.75) is 127 Å². The number of carbonyl (C=O) groups excluding carboxylic acids is 2. The Kier molecular flexibility index (Phi) is 10.3. The van der Waals surface area contributed by atoms with Crippen molar-refractivity contribution in [1.29, 1.82) is 0 Å². The summed E-state index contributed by atoms with van der Waals surface area (Å²) >= 11 is 0. The van der Waals surface area contributed by atoms with Gasteiger partial charge in [-0.25, -0.2) is 0 Å². The highest BCUT2D eigenvalue weighted by atomic mass is 16.6. The zero-order valence-electron chi connectivity index (χ0n) is 22.3. The zero-order chi connectivity index (χ0) is 25.5. The molecule has 3 rings (SSSR count). The van der Waals surface area contributed by atoms with E-state index in [1.165, 1.54) is 5.57 Å². The average molecular weight is 494 g/mol. The number of hydrogen-bond donors (Lipinski definition) is 1. The van der Waals surface area contributed by atoms with Crippen LogP contribution in [0.1, 0.15) is 97.8 Å². The summed E-state index contributed by atoms with van der Waals surface area (Å²) in [6, 6.07) is 0. The second kappa shape index (κ2) is 12.8. The minimum Gasteiger partial charge on any atom is -0.460 e. The van der Waals surface area contributed by atoms with Crippen molar-refractivity contribution >= 4 is 11.8 Å². The summed E-state index contributed by atoms with van der Waals surface area (Å²) in [5.41, 5.74) is 6.21. The lowest BCUT2D eigenvalue weighted by molar-refractivity contribution is -0.172. The van der Waals surface area contributed by atoms with Crippen molar-refractivity contribution in [2.75, 3.05) is 20.3 Å². The Labute approximate surface area is 211 Å². The van der Waals surface area contributed by atoms with E-state index in [-0.39, 0.29) is 53.6 Å². The number of rotatable bonds is 16.